The molecule has 24 heavy (non-hydrogen) atoms. The lowest BCUT2D eigenvalue weighted by molar-refractivity contribution is -0.695. The van der Waals surface area contributed by atoms with Gasteiger partial charge >= 0.3 is 0 Å². The van der Waals surface area contributed by atoms with Gasteiger partial charge in [0.2, 0.25) is 5.69 Å². The Bertz CT molecular complexity index is 792. The van der Waals surface area contributed by atoms with Gasteiger partial charge in [0, 0.05) is 18.2 Å². The maximum absolute atomic E-state index is 5.82. The Morgan fingerprint density at radius 2 is 1.58 bits per heavy atom. The van der Waals surface area contributed by atoms with Crippen molar-refractivity contribution in [1.29, 1.82) is 0 Å². The number of nitrogens with zero attached hydrogens (tertiary/aromatic N) is 1. The van der Waals surface area contributed by atoms with Crippen LogP contribution in [0.15, 0.2) is 79.0 Å². The SMILES string of the molecule is CC[n+]1ccccc1C=Cc1ccc(OCc2ccccc2)cc1. The number of aryl methyl sites for hydroxylation is 1. The molecule has 0 aliphatic carbocycles. The second-order valence-electron chi connectivity index (χ2n) is 5.59. The van der Waals surface area contributed by atoms with Crippen LogP contribution in [-0.2, 0) is 13.2 Å². The van der Waals surface area contributed by atoms with Crippen molar-refractivity contribution in [2.45, 2.75) is 20.1 Å². The number of ether oxygens (including phenoxy) is 1. The Hall–Kier alpha value is -2.87. The molecule has 2 nitrogen and oxygen atoms in total. The smallest absolute Gasteiger partial charge is 0.205 e. The molecule has 0 aliphatic heterocycles. The molecule has 0 spiro atoms. The number of pyridine rings is 1. The molecule has 3 aromatic rings. The Morgan fingerprint density at radius 3 is 2.33 bits per heavy atom. The standard InChI is InChI=1S/C22H22NO/c1-2-23-17-7-6-10-21(23)14-11-19-12-15-22(16-13-19)24-18-20-8-4-3-5-9-20/h3-17H,2,18H2,1H3/q+1. The van der Waals surface area contributed by atoms with Crippen molar-refractivity contribution in [3.8, 4) is 5.75 Å². The van der Waals surface area contributed by atoms with Crippen molar-refractivity contribution >= 4 is 12.2 Å². The fourth-order valence-electron chi connectivity index (χ4n) is 2.53. The number of rotatable bonds is 6. The van der Waals surface area contributed by atoms with Crippen molar-refractivity contribution in [2.75, 3.05) is 0 Å². The highest BCUT2D eigenvalue weighted by atomic mass is 16.5. The van der Waals surface area contributed by atoms with Gasteiger partial charge in [-0.2, -0.15) is 4.57 Å². The molecule has 1 heterocycles. The third-order valence-electron chi connectivity index (χ3n) is 3.89. The van der Waals surface area contributed by atoms with Crippen molar-refractivity contribution in [1.82, 2.24) is 0 Å². The van der Waals surface area contributed by atoms with E-state index in [1.165, 1.54) is 11.3 Å². The molecule has 3 rings (SSSR count). The Labute approximate surface area is 143 Å². The van der Waals surface area contributed by atoms with Crippen LogP contribution in [0.25, 0.3) is 12.2 Å². The van der Waals surface area contributed by atoms with E-state index in [1.807, 2.05) is 30.3 Å². The van der Waals surface area contributed by atoms with Crippen LogP contribution >= 0.6 is 0 Å². The zero-order valence-corrected chi connectivity index (χ0v) is 13.9. The molecular formula is C22H22NO+. The van der Waals surface area contributed by atoms with E-state index in [0.29, 0.717) is 6.61 Å². The fraction of sp³-hybridized carbons (Fsp3) is 0.136. The minimum atomic E-state index is 0.594. The van der Waals surface area contributed by atoms with E-state index in [-0.39, 0.29) is 0 Å². The second-order valence-corrected chi connectivity index (χ2v) is 5.59. The van der Waals surface area contributed by atoms with Crippen molar-refractivity contribution in [2.24, 2.45) is 0 Å². The fourth-order valence-corrected chi connectivity index (χ4v) is 2.53. The first kappa shape index (κ1) is 16.0. The van der Waals surface area contributed by atoms with Crippen molar-refractivity contribution < 1.29 is 9.30 Å². The van der Waals surface area contributed by atoms with Crippen LogP contribution in [0.4, 0.5) is 0 Å². The maximum Gasteiger partial charge on any atom is 0.205 e. The number of hydrogen-bond donors (Lipinski definition) is 0. The Morgan fingerprint density at radius 1 is 0.833 bits per heavy atom. The normalized spacial score (nSPS) is 10.9. The van der Waals surface area contributed by atoms with Crippen molar-refractivity contribution in [3.63, 3.8) is 0 Å². The number of aromatic nitrogens is 1. The number of hydrogen-bond acceptors (Lipinski definition) is 1. The molecule has 0 fully saturated rings. The van der Waals surface area contributed by atoms with Crippen LogP contribution in [0.2, 0.25) is 0 Å². The Balaban J connectivity index is 1.63. The minimum Gasteiger partial charge on any atom is -0.489 e. The minimum absolute atomic E-state index is 0.594. The summed E-state index contributed by atoms with van der Waals surface area (Å²) in [6, 6.07) is 24.6. The molecule has 0 amide bonds. The first-order valence-electron chi connectivity index (χ1n) is 8.28. The summed E-state index contributed by atoms with van der Waals surface area (Å²) in [6.07, 6.45) is 6.37. The van der Waals surface area contributed by atoms with Gasteiger partial charge in [-0.1, -0.05) is 42.5 Å². The van der Waals surface area contributed by atoms with E-state index in [9.17, 15) is 0 Å². The molecule has 0 aliphatic rings. The van der Waals surface area contributed by atoms with Gasteiger partial charge in [-0.25, -0.2) is 0 Å². The summed E-state index contributed by atoms with van der Waals surface area (Å²) in [7, 11) is 0. The summed E-state index contributed by atoms with van der Waals surface area (Å²) in [5.41, 5.74) is 3.53. The molecule has 2 heteroatoms. The lowest BCUT2D eigenvalue weighted by Crippen LogP contribution is -2.34. The molecule has 0 N–H and O–H groups in total. The molecule has 120 valence electrons. The Kier molecular flexibility index (Phi) is 5.41. The first-order chi connectivity index (χ1) is 11.8. The van der Waals surface area contributed by atoms with Crippen LogP contribution in [0.3, 0.4) is 0 Å². The average molecular weight is 316 g/mol. The van der Waals surface area contributed by atoms with E-state index in [0.717, 1.165) is 17.9 Å². The topological polar surface area (TPSA) is 13.1 Å². The summed E-state index contributed by atoms with van der Waals surface area (Å²) in [4.78, 5) is 0. The monoisotopic (exact) mass is 316 g/mol. The molecule has 1 aromatic heterocycles. The zero-order chi connectivity index (χ0) is 16.6. The molecule has 0 bridgehead atoms. The zero-order valence-electron chi connectivity index (χ0n) is 13.9. The van der Waals surface area contributed by atoms with Crippen LogP contribution in [0.5, 0.6) is 5.75 Å². The predicted molar refractivity (Wildman–Crippen MR) is 98.5 cm³/mol. The van der Waals surface area contributed by atoms with E-state index >= 15 is 0 Å². The van der Waals surface area contributed by atoms with E-state index in [4.69, 9.17) is 4.74 Å². The van der Waals surface area contributed by atoms with Crippen LogP contribution in [-0.4, -0.2) is 0 Å². The molecule has 0 saturated carbocycles. The largest absolute Gasteiger partial charge is 0.489 e. The molecule has 0 saturated heterocycles. The summed E-state index contributed by atoms with van der Waals surface area (Å²) in [5.74, 6) is 0.888. The van der Waals surface area contributed by atoms with Crippen molar-refractivity contribution in [3.05, 3.63) is 95.8 Å². The van der Waals surface area contributed by atoms with Gasteiger partial charge in [0.1, 0.15) is 18.9 Å². The van der Waals surface area contributed by atoms with Gasteiger partial charge in [0.25, 0.3) is 0 Å². The molecule has 0 atom stereocenters. The molecule has 0 unspecified atom stereocenters. The predicted octanol–water partition coefficient (Wildman–Crippen LogP) is 4.74. The molecule has 0 radical (unpaired) electrons. The van der Waals surface area contributed by atoms with Gasteiger partial charge in [-0.3, -0.25) is 0 Å². The van der Waals surface area contributed by atoms with Gasteiger partial charge < -0.3 is 4.74 Å². The van der Waals surface area contributed by atoms with Gasteiger partial charge in [0.15, 0.2) is 6.20 Å². The van der Waals surface area contributed by atoms with Gasteiger partial charge in [-0.15, -0.1) is 0 Å². The van der Waals surface area contributed by atoms with Crippen LogP contribution in [0.1, 0.15) is 23.7 Å². The van der Waals surface area contributed by atoms with Crippen LogP contribution in [0, 0.1) is 0 Å². The third kappa shape index (κ3) is 4.32. The molecule has 2 aromatic carbocycles. The van der Waals surface area contributed by atoms with E-state index in [2.05, 4.69) is 72.3 Å². The number of benzene rings is 2. The lowest BCUT2D eigenvalue weighted by atomic mass is 10.2. The second kappa shape index (κ2) is 8.11. The quantitative estimate of drug-likeness (QED) is 0.599. The van der Waals surface area contributed by atoms with Gasteiger partial charge in [-0.05, 0) is 42.3 Å². The summed E-state index contributed by atoms with van der Waals surface area (Å²) >= 11 is 0. The molecular weight excluding hydrogens is 294 g/mol. The summed E-state index contributed by atoms with van der Waals surface area (Å²) < 4.78 is 8.03. The van der Waals surface area contributed by atoms with E-state index in [1.54, 1.807) is 0 Å². The highest BCUT2D eigenvalue weighted by Gasteiger charge is 2.02. The highest BCUT2D eigenvalue weighted by molar-refractivity contribution is 5.67. The summed E-state index contributed by atoms with van der Waals surface area (Å²) in [5, 5.41) is 0. The highest BCUT2D eigenvalue weighted by Crippen LogP contribution is 2.15. The van der Waals surface area contributed by atoms with E-state index < -0.39 is 0 Å². The summed E-state index contributed by atoms with van der Waals surface area (Å²) in [6.45, 7) is 3.71. The van der Waals surface area contributed by atoms with Crippen LogP contribution < -0.4 is 9.30 Å². The average Bonchev–Trinajstić information content (AvgIpc) is 2.66. The van der Waals surface area contributed by atoms with Gasteiger partial charge in [0.05, 0.1) is 0 Å². The maximum atomic E-state index is 5.82. The third-order valence-corrected chi connectivity index (χ3v) is 3.89. The first-order valence-corrected chi connectivity index (χ1v) is 8.28. The lowest BCUT2D eigenvalue weighted by Gasteiger charge is -2.06.